The normalized spacial score (nSPS) is 10.8. The molecule has 0 spiro atoms. The molecular weight excluding hydrogens is 351 g/mol. The van der Waals surface area contributed by atoms with Crippen LogP contribution < -0.4 is 10.1 Å². The van der Waals surface area contributed by atoms with Crippen molar-refractivity contribution in [3.05, 3.63) is 57.6 Å². The molecule has 0 heterocycles. The highest BCUT2D eigenvalue weighted by Gasteiger charge is 2.12. The number of halogens is 2. The molecular formula is C17H12Cl2N2O3. The minimum absolute atomic E-state index is 0.0365. The fourth-order valence-corrected chi connectivity index (χ4v) is 2.34. The summed E-state index contributed by atoms with van der Waals surface area (Å²) in [5.74, 6) is -0.415. The molecule has 0 radical (unpaired) electrons. The number of nitrogens with one attached hydrogen (secondary N) is 1. The van der Waals surface area contributed by atoms with Crippen LogP contribution in [-0.4, -0.2) is 18.1 Å². The van der Waals surface area contributed by atoms with Gasteiger partial charge in [0.25, 0.3) is 5.91 Å². The first-order valence-electron chi connectivity index (χ1n) is 6.70. The van der Waals surface area contributed by atoms with Crippen molar-refractivity contribution in [2.75, 3.05) is 12.4 Å². The maximum absolute atomic E-state index is 12.2. The summed E-state index contributed by atoms with van der Waals surface area (Å²) in [7, 11) is 1.41. The van der Waals surface area contributed by atoms with Gasteiger partial charge in [-0.25, -0.2) is 0 Å². The molecule has 0 saturated heterocycles. The summed E-state index contributed by atoms with van der Waals surface area (Å²) in [6, 6.07) is 10.9. The number of carbonyl (C=O) groups excluding carboxylic acids is 1. The van der Waals surface area contributed by atoms with E-state index in [0.29, 0.717) is 16.3 Å². The molecule has 0 aliphatic rings. The van der Waals surface area contributed by atoms with Crippen molar-refractivity contribution < 1.29 is 14.6 Å². The van der Waals surface area contributed by atoms with Crippen molar-refractivity contribution in [1.82, 2.24) is 0 Å². The number of carbonyl (C=O) groups is 1. The Morgan fingerprint density at radius 1 is 1.29 bits per heavy atom. The molecule has 0 aliphatic heterocycles. The van der Waals surface area contributed by atoms with Crippen molar-refractivity contribution in [1.29, 1.82) is 5.26 Å². The Labute approximate surface area is 148 Å². The summed E-state index contributed by atoms with van der Waals surface area (Å²) < 4.78 is 4.99. The second-order valence-corrected chi connectivity index (χ2v) is 5.52. The number of hydrogen-bond acceptors (Lipinski definition) is 4. The molecule has 2 N–H and O–H groups in total. The fraction of sp³-hybridized carbons (Fsp3) is 0.0588. The predicted molar refractivity (Wildman–Crippen MR) is 93.3 cm³/mol. The first-order valence-corrected chi connectivity index (χ1v) is 7.45. The number of anilines is 1. The monoisotopic (exact) mass is 362 g/mol. The molecule has 0 atom stereocenters. The van der Waals surface area contributed by atoms with Gasteiger partial charge in [-0.1, -0.05) is 29.3 Å². The van der Waals surface area contributed by atoms with Gasteiger partial charge in [0.05, 0.1) is 17.8 Å². The molecule has 2 rings (SSSR count). The van der Waals surface area contributed by atoms with E-state index in [9.17, 15) is 15.2 Å². The molecule has 0 bridgehead atoms. The fourth-order valence-electron chi connectivity index (χ4n) is 1.88. The molecule has 7 heteroatoms. The zero-order valence-electron chi connectivity index (χ0n) is 12.5. The van der Waals surface area contributed by atoms with E-state index in [1.54, 1.807) is 18.2 Å². The Kier molecular flexibility index (Phi) is 5.69. The van der Waals surface area contributed by atoms with Crippen LogP contribution in [0.4, 0.5) is 5.69 Å². The van der Waals surface area contributed by atoms with Crippen LogP contribution in [-0.2, 0) is 4.79 Å². The van der Waals surface area contributed by atoms with E-state index in [2.05, 4.69) is 5.32 Å². The zero-order chi connectivity index (χ0) is 17.7. The van der Waals surface area contributed by atoms with Crippen LogP contribution in [0.5, 0.6) is 11.5 Å². The van der Waals surface area contributed by atoms with E-state index in [1.807, 2.05) is 6.07 Å². The largest absolute Gasteiger partial charge is 0.504 e. The third-order valence-corrected chi connectivity index (χ3v) is 3.61. The van der Waals surface area contributed by atoms with Gasteiger partial charge >= 0.3 is 0 Å². The van der Waals surface area contributed by atoms with Gasteiger partial charge in [-0.2, -0.15) is 5.26 Å². The first-order chi connectivity index (χ1) is 11.4. The molecule has 5 nitrogen and oxygen atoms in total. The van der Waals surface area contributed by atoms with E-state index in [-0.39, 0.29) is 22.1 Å². The van der Waals surface area contributed by atoms with Crippen molar-refractivity contribution in [2.45, 2.75) is 0 Å². The van der Waals surface area contributed by atoms with Crippen LogP contribution >= 0.6 is 23.2 Å². The SMILES string of the molecule is COc1cc(C=C(C#N)C(=O)Nc2ccc(Cl)cc2Cl)ccc1O. The van der Waals surface area contributed by atoms with Gasteiger partial charge in [-0.3, -0.25) is 4.79 Å². The molecule has 0 saturated carbocycles. The Balaban J connectivity index is 2.27. The van der Waals surface area contributed by atoms with Gasteiger partial charge < -0.3 is 15.2 Å². The zero-order valence-corrected chi connectivity index (χ0v) is 14.0. The Morgan fingerprint density at radius 3 is 2.67 bits per heavy atom. The summed E-state index contributed by atoms with van der Waals surface area (Å²) in [5, 5.41) is 22.0. The van der Waals surface area contributed by atoms with Gasteiger partial charge in [0.2, 0.25) is 0 Å². The third kappa shape index (κ3) is 4.19. The standard InChI is InChI=1S/C17H12Cl2N2O3/c1-24-16-7-10(2-5-15(16)22)6-11(9-20)17(23)21-14-4-3-12(18)8-13(14)19/h2-8,22H,1H3,(H,21,23). The summed E-state index contributed by atoms with van der Waals surface area (Å²) in [5.41, 5.74) is 0.739. The van der Waals surface area contributed by atoms with Gasteiger partial charge in [-0.15, -0.1) is 0 Å². The van der Waals surface area contributed by atoms with E-state index >= 15 is 0 Å². The Morgan fingerprint density at radius 2 is 2.04 bits per heavy atom. The van der Waals surface area contributed by atoms with Crippen LogP contribution in [0.15, 0.2) is 42.0 Å². The lowest BCUT2D eigenvalue weighted by atomic mass is 10.1. The molecule has 0 aromatic heterocycles. The number of benzene rings is 2. The number of phenols is 1. The molecule has 2 aromatic rings. The maximum atomic E-state index is 12.2. The summed E-state index contributed by atoms with van der Waals surface area (Å²) >= 11 is 11.8. The molecule has 2 aromatic carbocycles. The average molecular weight is 363 g/mol. The van der Waals surface area contributed by atoms with Gasteiger partial charge in [-0.05, 0) is 42.0 Å². The minimum Gasteiger partial charge on any atom is -0.504 e. The maximum Gasteiger partial charge on any atom is 0.266 e. The number of phenolic OH excluding ortho intramolecular Hbond substituents is 1. The first kappa shape index (κ1) is 17.7. The lowest BCUT2D eigenvalue weighted by Gasteiger charge is -2.07. The summed E-state index contributed by atoms with van der Waals surface area (Å²) in [6.45, 7) is 0. The number of methoxy groups -OCH3 is 1. The van der Waals surface area contributed by atoms with Gasteiger partial charge in [0.1, 0.15) is 11.6 Å². The lowest BCUT2D eigenvalue weighted by molar-refractivity contribution is -0.112. The number of hydrogen-bond donors (Lipinski definition) is 2. The molecule has 1 amide bonds. The minimum atomic E-state index is -0.617. The molecule has 24 heavy (non-hydrogen) atoms. The Bertz CT molecular complexity index is 857. The van der Waals surface area contributed by atoms with Crippen molar-refractivity contribution in [2.24, 2.45) is 0 Å². The number of nitrogens with zero attached hydrogens (tertiary/aromatic N) is 1. The van der Waals surface area contributed by atoms with Crippen LogP contribution in [0.2, 0.25) is 10.0 Å². The van der Waals surface area contributed by atoms with E-state index in [4.69, 9.17) is 27.9 Å². The number of ether oxygens (including phenoxy) is 1. The average Bonchev–Trinajstić information content (AvgIpc) is 2.56. The van der Waals surface area contributed by atoms with Crippen molar-refractivity contribution in [3.8, 4) is 17.6 Å². The van der Waals surface area contributed by atoms with Crippen LogP contribution in [0.3, 0.4) is 0 Å². The molecule has 0 fully saturated rings. The quantitative estimate of drug-likeness (QED) is 0.628. The number of aromatic hydroxyl groups is 1. The smallest absolute Gasteiger partial charge is 0.266 e. The number of rotatable bonds is 4. The lowest BCUT2D eigenvalue weighted by Crippen LogP contribution is -2.13. The summed E-state index contributed by atoms with van der Waals surface area (Å²) in [6.07, 6.45) is 1.38. The van der Waals surface area contributed by atoms with Crippen LogP contribution in [0.1, 0.15) is 5.56 Å². The van der Waals surface area contributed by atoms with Crippen molar-refractivity contribution >= 4 is 40.9 Å². The van der Waals surface area contributed by atoms with Crippen molar-refractivity contribution in [3.63, 3.8) is 0 Å². The highest BCUT2D eigenvalue weighted by atomic mass is 35.5. The van der Waals surface area contributed by atoms with Crippen LogP contribution in [0, 0.1) is 11.3 Å². The van der Waals surface area contributed by atoms with Crippen LogP contribution in [0.25, 0.3) is 6.08 Å². The van der Waals surface area contributed by atoms with Gasteiger partial charge in [0, 0.05) is 5.02 Å². The predicted octanol–water partition coefficient (Wildman–Crippen LogP) is 4.25. The third-order valence-electron chi connectivity index (χ3n) is 3.06. The van der Waals surface area contributed by atoms with E-state index < -0.39 is 5.91 Å². The van der Waals surface area contributed by atoms with E-state index in [1.165, 1.54) is 31.4 Å². The van der Waals surface area contributed by atoms with Gasteiger partial charge in [0.15, 0.2) is 11.5 Å². The highest BCUT2D eigenvalue weighted by molar-refractivity contribution is 6.36. The molecule has 0 unspecified atom stereocenters. The van der Waals surface area contributed by atoms with E-state index in [0.717, 1.165) is 0 Å². The molecule has 122 valence electrons. The topological polar surface area (TPSA) is 82.3 Å². The second kappa shape index (κ2) is 7.73. The Hall–Kier alpha value is -2.68. The number of amides is 1. The molecule has 0 aliphatic carbocycles. The number of nitriles is 1. The second-order valence-electron chi connectivity index (χ2n) is 4.68. The highest BCUT2D eigenvalue weighted by Crippen LogP contribution is 2.28. The summed E-state index contributed by atoms with van der Waals surface area (Å²) in [4.78, 5) is 12.2.